The van der Waals surface area contributed by atoms with Gasteiger partial charge in [0.05, 0.1) is 0 Å². The number of rotatable bonds is 5. The molecule has 2 aromatic rings. The summed E-state index contributed by atoms with van der Waals surface area (Å²) in [7, 11) is 1.45. The molecule has 2 N–H and O–H groups in total. The molecule has 3 amide bonds. The van der Waals surface area contributed by atoms with Crippen LogP contribution in [0.1, 0.15) is 32.8 Å². The molecule has 2 rings (SSSR count). The molecule has 0 unspecified atom stereocenters. The van der Waals surface area contributed by atoms with E-state index in [2.05, 4.69) is 53.7 Å². The third-order valence-electron chi connectivity index (χ3n) is 3.44. The number of thioether (sulfide) groups is 1. The Balaban J connectivity index is 1.90. The van der Waals surface area contributed by atoms with Gasteiger partial charge in [0, 0.05) is 24.8 Å². The van der Waals surface area contributed by atoms with Gasteiger partial charge in [-0.3, -0.25) is 10.1 Å². The topological polar surface area (TPSA) is 97.1 Å². The zero-order valence-corrected chi connectivity index (χ0v) is 15.6. The molecule has 0 fully saturated rings. The van der Waals surface area contributed by atoms with Gasteiger partial charge in [0.1, 0.15) is 0 Å². The van der Waals surface area contributed by atoms with Gasteiger partial charge in [-0.15, -0.1) is 10.2 Å². The van der Waals surface area contributed by atoms with E-state index in [1.54, 1.807) is 0 Å². The molecule has 0 aliphatic carbocycles. The first kappa shape index (κ1) is 19.0. The molecule has 134 valence electrons. The van der Waals surface area contributed by atoms with E-state index in [1.807, 2.05) is 12.1 Å². The SMILES string of the molecule is CNC(=O)NC(=O)CCSc1nnc(-c2ccc(C(C)(C)C)cc2)o1. The molecule has 25 heavy (non-hydrogen) atoms. The maximum Gasteiger partial charge on any atom is 0.321 e. The quantitative estimate of drug-likeness (QED) is 0.794. The van der Waals surface area contributed by atoms with Crippen molar-refractivity contribution >= 4 is 23.7 Å². The molecule has 0 radical (unpaired) electrons. The van der Waals surface area contributed by atoms with Crippen molar-refractivity contribution in [2.75, 3.05) is 12.8 Å². The van der Waals surface area contributed by atoms with Gasteiger partial charge in [0.15, 0.2) is 0 Å². The van der Waals surface area contributed by atoms with Crippen LogP contribution < -0.4 is 10.6 Å². The zero-order chi connectivity index (χ0) is 18.4. The number of benzene rings is 1. The monoisotopic (exact) mass is 362 g/mol. The largest absolute Gasteiger partial charge is 0.411 e. The lowest BCUT2D eigenvalue weighted by Gasteiger charge is -2.18. The van der Waals surface area contributed by atoms with E-state index in [1.165, 1.54) is 24.4 Å². The van der Waals surface area contributed by atoms with Crippen molar-refractivity contribution < 1.29 is 14.0 Å². The molecular weight excluding hydrogens is 340 g/mol. The Kier molecular flexibility index (Phi) is 6.19. The minimum Gasteiger partial charge on any atom is -0.411 e. The smallest absolute Gasteiger partial charge is 0.321 e. The molecule has 0 saturated carbocycles. The first-order valence-corrected chi connectivity index (χ1v) is 8.87. The molecule has 0 saturated heterocycles. The van der Waals surface area contributed by atoms with Gasteiger partial charge >= 0.3 is 6.03 Å². The summed E-state index contributed by atoms with van der Waals surface area (Å²) in [6.45, 7) is 6.47. The van der Waals surface area contributed by atoms with Crippen molar-refractivity contribution in [3.63, 3.8) is 0 Å². The lowest BCUT2D eigenvalue weighted by Crippen LogP contribution is -2.37. The Morgan fingerprint density at radius 2 is 1.84 bits per heavy atom. The maximum absolute atomic E-state index is 11.5. The highest BCUT2D eigenvalue weighted by molar-refractivity contribution is 7.99. The summed E-state index contributed by atoms with van der Waals surface area (Å²) >= 11 is 1.27. The van der Waals surface area contributed by atoms with Crippen LogP contribution in [0.2, 0.25) is 0 Å². The maximum atomic E-state index is 11.5. The highest BCUT2D eigenvalue weighted by Gasteiger charge is 2.15. The molecule has 0 aliphatic rings. The van der Waals surface area contributed by atoms with Crippen molar-refractivity contribution in [3.05, 3.63) is 29.8 Å². The second kappa shape index (κ2) is 8.15. The molecule has 8 heteroatoms. The van der Waals surface area contributed by atoms with Crippen LogP contribution in [-0.4, -0.2) is 34.9 Å². The van der Waals surface area contributed by atoms with E-state index in [4.69, 9.17) is 4.42 Å². The average Bonchev–Trinajstić information content (AvgIpc) is 3.03. The van der Waals surface area contributed by atoms with Crippen LogP contribution in [0.4, 0.5) is 4.79 Å². The fourth-order valence-corrected chi connectivity index (χ4v) is 2.68. The van der Waals surface area contributed by atoms with Gasteiger partial charge in [0.2, 0.25) is 11.8 Å². The molecule has 7 nitrogen and oxygen atoms in total. The van der Waals surface area contributed by atoms with Gasteiger partial charge < -0.3 is 9.73 Å². The second-order valence-electron chi connectivity index (χ2n) is 6.43. The third kappa shape index (κ3) is 5.60. The summed E-state index contributed by atoms with van der Waals surface area (Å²) in [5, 5.41) is 12.9. The predicted molar refractivity (Wildman–Crippen MR) is 96.4 cm³/mol. The molecule has 0 bridgehead atoms. The first-order chi connectivity index (χ1) is 11.8. The van der Waals surface area contributed by atoms with E-state index in [0.29, 0.717) is 16.9 Å². The molecule has 1 heterocycles. The normalized spacial score (nSPS) is 11.2. The molecular formula is C17H22N4O3S. The van der Waals surface area contributed by atoms with Gasteiger partial charge in [-0.1, -0.05) is 44.7 Å². The standard InChI is InChI=1S/C17H22N4O3S/c1-17(2,3)12-7-5-11(6-8-12)14-20-21-16(24-14)25-10-9-13(22)19-15(23)18-4/h5-8H,9-10H2,1-4H3,(H2,18,19,22,23). The number of carbonyl (C=O) groups excluding carboxylic acids is 2. The van der Waals surface area contributed by atoms with Crippen molar-refractivity contribution in [3.8, 4) is 11.5 Å². The van der Waals surface area contributed by atoms with E-state index in [9.17, 15) is 9.59 Å². The molecule has 1 aromatic heterocycles. The van der Waals surface area contributed by atoms with E-state index in [-0.39, 0.29) is 17.7 Å². The van der Waals surface area contributed by atoms with Gasteiger partial charge in [-0.25, -0.2) is 4.79 Å². The molecule has 0 atom stereocenters. The summed E-state index contributed by atoms with van der Waals surface area (Å²) in [5.74, 6) is 0.523. The summed E-state index contributed by atoms with van der Waals surface area (Å²) in [5.41, 5.74) is 2.17. The van der Waals surface area contributed by atoms with Gasteiger partial charge in [-0.2, -0.15) is 0 Å². The zero-order valence-electron chi connectivity index (χ0n) is 14.8. The summed E-state index contributed by atoms with van der Waals surface area (Å²) < 4.78 is 5.61. The molecule has 1 aromatic carbocycles. The number of imide groups is 1. The average molecular weight is 362 g/mol. The third-order valence-corrected chi connectivity index (χ3v) is 4.26. The molecule has 0 spiro atoms. The van der Waals surface area contributed by atoms with Crippen molar-refractivity contribution in [2.24, 2.45) is 0 Å². The Hall–Kier alpha value is -2.35. The summed E-state index contributed by atoms with van der Waals surface area (Å²) in [6, 6.07) is 7.50. The Morgan fingerprint density at radius 3 is 2.44 bits per heavy atom. The van der Waals surface area contributed by atoms with Gasteiger partial charge in [0.25, 0.3) is 5.22 Å². The van der Waals surface area contributed by atoms with Crippen LogP contribution in [0, 0.1) is 0 Å². The van der Waals surface area contributed by atoms with E-state index < -0.39 is 6.03 Å². The lowest BCUT2D eigenvalue weighted by atomic mass is 9.87. The first-order valence-electron chi connectivity index (χ1n) is 7.88. The Bertz CT molecular complexity index is 735. The second-order valence-corrected chi connectivity index (χ2v) is 7.47. The van der Waals surface area contributed by atoms with Crippen molar-refractivity contribution in [2.45, 2.75) is 37.8 Å². The van der Waals surface area contributed by atoms with Crippen molar-refractivity contribution in [1.82, 2.24) is 20.8 Å². The summed E-state index contributed by atoms with van der Waals surface area (Å²) in [6.07, 6.45) is 0.177. The Labute approximate surface area is 151 Å². The number of hydrogen-bond donors (Lipinski definition) is 2. The van der Waals surface area contributed by atoms with Gasteiger partial charge in [-0.05, 0) is 23.1 Å². The number of carbonyl (C=O) groups is 2. The van der Waals surface area contributed by atoms with Crippen LogP contribution in [0.15, 0.2) is 33.9 Å². The molecule has 0 aliphatic heterocycles. The van der Waals surface area contributed by atoms with E-state index in [0.717, 1.165) is 5.56 Å². The fraction of sp³-hybridized carbons (Fsp3) is 0.412. The van der Waals surface area contributed by atoms with Crippen LogP contribution in [0.5, 0.6) is 0 Å². The van der Waals surface area contributed by atoms with E-state index >= 15 is 0 Å². The van der Waals surface area contributed by atoms with Crippen LogP contribution in [0.3, 0.4) is 0 Å². The number of aromatic nitrogens is 2. The number of amides is 3. The van der Waals surface area contributed by atoms with Crippen LogP contribution in [0.25, 0.3) is 11.5 Å². The van der Waals surface area contributed by atoms with Crippen molar-refractivity contribution in [1.29, 1.82) is 0 Å². The number of hydrogen-bond acceptors (Lipinski definition) is 6. The minimum absolute atomic E-state index is 0.0869. The number of nitrogens with one attached hydrogen (secondary N) is 2. The fourth-order valence-electron chi connectivity index (χ4n) is 1.98. The predicted octanol–water partition coefficient (Wildman–Crippen LogP) is 2.97. The van der Waals surface area contributed by atoms with Crippen LogP contribution >= 0.6 is 11.8 Å². The highest BCUT2D eigenvalue weighted by atomic mass is 32.2. The highest BCUT2D eigenvalue weighted by Crippen LogP contribution is 2.27. The lowest BCUT2D eigenvalue weighted by molar-refractivity contribution is -0.119. The minimum atomic E-state index is -0.520. The Morgan fingerprint density at radius 1 is 1.16 bits per heavy atom. The number of urea groups is 1. The van der Waals surface area contributed by atoms with Crippen LogP contribution in [-0.2, 0) is 10.2 Å². The number of nitrogens with zero attached hydrogens (tertiary/aromatic N) is 2. The summed E-state index contributed by atoms with van der Waals surface area (Å²) in [4.78, 5) is 22.5.